The molecule has 0 aliphatic carbocycles. The number of Topliss-reactive ketones (excluding diaryl/α,β-unsaturated/α-hetero) is 1. The van der Waals surface area contributed by atoms with Gasteiger partial charge in [-0.3, -0.25) is 25.2 Å². The molecule has 6 nitrogen and oxygen atoms in total. The van der Waals surface area contributed by atoms with Crippen molar-refractivity contribution in [3.8, 4) is 5.75 Å². The van der Waals surface area contributed by atoms with Gasteiger partial charge in [-0.2, -0.15) is 0 Å². The lowest BCUT2D eigenvalue weighted by Gasteiger charge is -2.10. The second kappa shape index (κ2) is 11.2. The molecule has 2 aromatic carbocycles. The number of carbonyl (C=O) groups is 3. The number of ketones is 1. The minimum Gasteiger partial charge on any atom is -0.493 e. The van der Waals surface area contributed by atoms with E-state index in [1.807, 2.05) is 32.0 Å². The minimum atomic E-state index is -0.410. The van der Waals surface area contributed by atoms with Crippen LogP contribution in [0.5, 0.6) is 5.75 Å². The van der Waals surface area contributed by atoms with Crippen LogP contribution in [0.4, 0.5) is 0 Å². The van der Waals surface area contributed by atoms with E-state index < -0.39 is 5.91 Å². The number of amides is 2. The number of aryl methyl sites for hydroxylation is 2. The lowest BCUT2D eigenvalue weighted by molar-refractivity contribution is -0.129. The van der Waals surface area contributed by atoms with Gasteiger partial charge in [0, 0.05) is 29.8 Å². The van der Waals surface area contributed by atoms with Crippen LogP contribution in [-0.2, 0) is 9.59 Å². The predicted octanol–water partition coefficient (Wildman–Crippen LogP) is 3.93. The van der Waals surface area contributed by atoms with Gasteiger partial charge in [0.15, 0.2) is 5.78 Å². The van der Waals surface area contributed by atoms with Gasteiger partial charge in [-0.1, -0.05) is 41.4 Å². The van der Waals surface area contributed by atoms with E-state index in [0.717, 1.165) is 16.9 Å². The Hall–Kier alpha value is -2.86. The van der Waals surface area contributed by atoms with Crippen molar-refractivity contribution in [2.75, 3.05) is 6.61 Å². The molecule has 2 N–H and O–H groups in total. The highest BCUT2D eigenvalue weighted by atomic mass is 35.5. The van der Waals surface area contributed by atoms with Crippen molar-refractivity contribution < 1.29 is 19.1 Å². The summed E-state index contributed by atoms with van der Waals surface area (Å²) >= 11 is 5.89. The van der Waals surface area contributed by atoms with Crippen molar-refractivity contribution >= 4 is 29.2 Å². The average Bonchev–Trinajstić information content (AvgIpc) is 2.69. The Morgan fingerprint density at radius 2 is 1.55 bits per heavy atom. The van der Waals surface area contributed by atoms with Crippen LogP contribution in [0.2, 0.25) is 5.02 Å². The number of rotatable bonds is 9. The molecule has 0 atom stereocenters. The molecule has 0 fully saturated rings. The van der Waals surface area contributed by atoms with Gasteiger partial charge in [0.2, 0.25) is 11.8 Å². The molecule has 7 heteroatoms. The normalized spacial score (nSPS) is 10.3. The summed E-state index contributed by atoms with van der Waals surface area (Å²) in [5.41, 5.74) is 7.24. The molecule has 2 rings (SSSR count). The van der Waals surface area contributed by atoms with Crippen molar-refractivity contribution in [3.63, 3.8) is 0 Å². The zero-order valence-electron chi connectivity index (χ0n) is 16.6. The maximum atomic E-state index is 12.0. The van der Waals surface area contributed by atoms with Gasteiger partial charge >= 0.3 is 0 Å². The predicted molar refractivity (Wildman–Crippen MR) is 112 cm³/mol. The molecule has 0 spiro atoms. The number of ether oxygens (including phenoxy) is 1. The Morgan fingerprint density at radius 1 is 0.897 bits per heavy atom. The molecule has 2 amide bonds. The Balaban J connectivity index is 1.60. The van der Waals surface area contributed by atoms with Crippen LogP contribution in [0, 0.1) is 13.8 Å². The van der Waals surface area contributed by atoms with Crippen molar-refractivity contribution in [3.05, 3.63) is 64.2 Å². The maximum Gasteiger partial charge on any atom is 0.238 e. The molecule has 0 radical (unpaired) electrons. The van der Waals surface area contributed by atoms with E-state index in [2.05, 4.69) is 10.9 Å². The molecular formula is C22H25ClN2O4. The topological polar surface area (TPSA) is 84.5 Å². The van der Waals surface area contributed by atoms with Crippen LogP contribution >= 0.6 is 11.6 Å². The number of carbonyl (C=O) groups excluding carboxylic acids is 3. The summed E-state index contributed by atoms with van der Waals surface area (Å²) < 4.78 is 5.62. The van der Waals surface area contributed by atoms with E-state index in [1.165, 1.54) is 0 Å². The molecule has 0 unspecified atom stereocenters. The largest absolute Gasteiger partial charge is 0.493 e. The zero-order valence-corrected chi connectivity index (χ0v) is 17.3. The fraction of sp³-hybridized carbons (Fsp3) is 0.318. The third kappa shape index (κ3) is 7.95. The quantitative estimate of drug-likeness (QED) is 0.368. The third-order valence-corrected chi connectivity index (χ3v) is 4.47. The van der Waals surface area contributed by atoms with E-state index in [9.17, 15) is 14.4 Å². The van der Waals surface area contributed by atoms with Crippen molar-refractivity contribution in [2.24, 2.45) is 0 Å². The van der Waals surface area contributed by atoms with Crippen molar-refractivity contribution in [2.45, 2.75) is 39.5 Å². The number of hydrogen-bond donors (Lipinski definition) is 2. The van der Waals surface area contributed by atoms with E-state index in [4.69, 9.17) is 16.3 Å². The number of halogens is 1. The zero-order chi connectivity index (χ0) is 21.2. The fourth-order valence-electron chi connectivity index (χ4n) is 2.56. The molecule has 0 heterocycles. The van der Waals surface area contributed by atoms with Crippen molar-refractivity contribution in [1.29, 1.82) is 0 Å². The standard InChI is InChI=1S/C22H25ClN2O4/c1-15-5-7-17(8-6-15)19(26)10-12-22(28)25-24-21(27)4-3-13-29-20-11-9-18(23)14-16(20)2/h5-9,11,14H,3-4,10,12-13H2,1-2H3,(H,24,27)(H,25,28). The van der Waals surface area contributed by atoms with E-state index in [-0.39, 0.29) is 31.0 Å². The summed E-state index contributed by atoms with van der Waals surface area (Å²) in [7, 11) is 0. The van der Waals surface area contributed by atoms with E-state index in [1.54, 1.807) is 24.3 Å². The molecule has 2 aromatic rings. The Morgan fingerprint density at radius 3 is 2.21 bits per heavy atom. The molecule has 154 valence electrons. The Kier molecular flexibility index (Phi) is 8.68. The first kappa shape index (κ1) is 22.4. The van der Waals surface area contributed by atoms with E-state index in [0.29, 0.717) is 23.6 Å². The summed E-state index contributed by atoms with van der Waals surface area (Å²) in [5.74, 6) is -0.117. The van der Waals surface area contributed by atoms with Crippen LogP contribution in [0.15, 0.2) is 42.5 Å². The first-order chi connectivity index (χ1) is 13.8. The average molecular weight is 417 g/mol. The van der Waals surface area contributed by atoms with Gasteiger partial charge in [0.25, 0.3) is 0 Å². The highest BCUT2D eigenvalue weighted by Crippen LogP contribution is 2.21. The van der Waals surface area contributed by atoms with Crippen LogP contribution < -0.4 is 15.6 Å². The van der Waals surface area contributed by atoms with Crippen LogP contribution in [0.1, 0.15) is 47.2 Å². The van der Waals surface area contributed by atoms with Gasteiger partial charge in [-0.05, 0) is 44.0 Å². The smallest absolute Gasteiger partial charge is 0.238 e. The van der Waals surface area contributed by atoms with Gasteiger partial charge in [0.1, 0.15) is 5.75 Å². The minimum absolute atomic E-state index is 0.00590. The van der Waals surface area contributed by atoms with Gasteiger partial charge < -0.3 is 4.74 Å². The first-order valence-corrected chi connectivity index (χ1v) is 9.79. The molecule has 0 saturated heterocycles. The third-order valence-electron chi connectivity index (χ3n) is 4.24. The molecule has 0 aliphatic rings. The summed E-state index contributed by atoms with van der Waals surface area (Å²) in [6.45, 7) is 4.21. The van der Waals surface area contributed by atoms with Crippen LogP contribution in [0.3, 0.4) is 0 Å². The van der Waals surface area contributed by atoms with Gasteiger partial charge in [-0.25, -0.2) is 0 Å². The summed E-state index contributed by atoms with van der Waals surface area (Å²) in [5, 5.41) is 0.644. The number of hydrazine groups is 1. The lowest BCUT2D eigenvalue weighted by Crippen LogP contribution is -2.41. The summed E-state index contributed by atoms with van der Waals surface area (Å²) in [6, 6.07) is 12.5. The Bertz CT molecular complexity index is 866. The van der Waals surface area contributed by atoms with Crippen LogP contribution in [0.25, 0.3) is 0 Å². The number of hydrogen-bond acceptors (Lipinski definition) is 4. The number of nitrogens with one attached hydrogen (secondary N) is 2. The summed E-state index contributed by atoms with van der Waals surface area (Å²) in [6.07, 6.45) is 0.788. The molecule has 0 saturated carbocycles. The highest BCUT2D eigenvalue weighted by Gasteiger charge is 2.10. The maximum absolute atomic E-state index is 12.0. The molecular weight excluding hydrogens is 392 g/mol. The van der Waals surface area contributed by atoms with Crippen LogP contribution in [-0.4, -0.2) is 24.2 Å². The van der Waals surface area contributed by atoms with Gasteiger partial charge in [-0.15, -0.1) is 0 Å². The Labute approximate surface area is 175 Å². The number of benzene rings is 2. The monoisotopic (exact) mass is 416 g/mol. The van der Waals surface area contributed by atoms with Crippen molar-refractivity contribution in [1.82, 2.24) is 10.9 Å². The van der Waals surface area contributed by atoms with Gasteiger partial charge in [0.05, 0.1) is 6.61 Å². The molecule has 29 heavy (non-hydrogen) atoms. The van der Waals surface area contributed by atoms with E-state index >= 15 is 0 Å². The molecule has 0 bridgehead atoms. The SMILES string of the molecule is Cc1ccc(C(=O)CCC(=O)NNC(=O)CCCOc2ccc(Cl)cc2C)cc1. The molecule has 0 aliphatic heterocycles. The second-order valence-electron chi connectivity index (χ2n) is 6.75. The lowest BCUT2D eigenvalue weighted by atomic mass is 10.1. The fourth-order valence-corrected chi connectivity index (χ4v) is 2.79. The highest BCUT2D eigenvalue weighted by molar-refractivity contribution is 6.30. The summed E-state index contributed by atoms with van der Waals surface area (Å²) in [4.78, 5) is 35.6. The first-order valence-electron chi connectivity index (χ1n) is 9.41. The second-order valence-corrected chi connectivity index (χ2v) is 7.18. The molecule has 0 aromatic heterocycles.